The molecule has 0 aromatic carbocycles. The van der Waals surface area contributed by atoms with Crippen molar-refractivity contribution in [3.05, 3.63) is 39.7 Å². The molecule has 0 N–H and O–H groups in total. The number of carbonyl (C=O) groups is 1. The Balaban J connectivity index is 1.59. The van der Waals surface area contributed by atoms with Gasteiger partial charge < -0.3 is 9.32 Å². The largest absolute Gasteiger partial charge is 0.465 e. The molecule has 2 aromatic rings. The van der Waals surface area contributed by atoms with E-state index < -0.39 is 0 Å². The third-order valence-corrected chi connectivity index (χ3v) is 5.43. The van der Waals surface area contributed by atoms with Gasteiger partial charge in [0.2, 0.25) is 0 Å². The van der Waals surface area contributed by atoms with Crippen molar-refractivity contribution in [2.45, 2.75) is 39.7 Å². The lowest BCUT2D eigenvalue weighted by Gasteiger charge is -2.20. The quantitative estimate of drug-likeness (QED) is 0.849. The molecule has 1 amide bonds. The zero-order valence-corrected chi connectivity index (χ0v) is 15.4. The van der Waals surface area contributed by atoms with E-state index in [1.54, 1.807) is 11.3 Å². The summed E-state index contributed by atoms with van der Waals surface area (Å²) in [6, 6.07) is 4.03. The lowest BCUT2D eigenvalue weighted by atomic mass is 10.2. The Morgan fingerprint density at radius 2 is 2.12 bits per heavy atom. The van der Waals surface area contributed by atoms with Crippen LogP contribution in [-0.2, 0) is 6.54 Å². The highest BCUT2D eigenvalue weighted by Crippen LogP contribution is 2.20. The second kappa shape index (κ2) is 7.49. The number of carbonyl (C=O) groups excluding carboxylic acids is 1. The van der Waals surface area contributed by atoms with Gasteiger partial charge in [0.1, 0.15) is 17.2 Å². The van der Waals surface area contributed by atoms with E-state index in [2.05, 4.69) is 23.7 Å². The van der Waals surface area contributed by atoms with Gasteiger partial charge in [0.25, 0.3) is 5.91 Å². The molecule has 0 aliphatic carbocycles. The van der Waals surface area contributed by atoms with Crippen molar-refractivity contribution in [3.63, 3.8) is 0 Å². The molecule has 1 aliphatic heterocycles. The Bertz CT molecular complexity index is 692. The van der Waals surface area contributed by atoms with Crippen LogP contribution in [0.2, 0.25) is 0 Å². The van der Waals surface area contributed by atoms with Crippen molar-refractivity contribution in [2.75, 3.05) is 26.2 Å². The molecule has 3 heterocycles. The molecule has 6 heteroatoms. The van der Waals surface area contributed by atoms with Gasteiger partial charge in [-0.15, -0.1) is 11.3 Å². The lowest BCUT2D eigenvalue weighted by Crippen LogP contribution is -2.35. The zero-order chi connectivity index (χ0) is 17.1. The molecule has 0 atom stereocenters. The van der Waals surface area contributed by atoms with Crippen molar-refractivity contribution in [1.29, 1.82) is 0 Å². The smallest absolute Gasteiger partial charge is 0.273 e. The van der Waals surface area contributed by atoms with E-state index in [1.807, 2.05) is 29.3 Å². The molecule has 1 fully saturated rings. The maximum atomic E-state index is 12.7. The third-order valence-electron chi connectivity index (χ3n) is 4.29. The molecule has 0 saturated carbocycles. The van der Waals surface area contributed by atoms with Gasteiger partial charge in [0.15, 0.2) is 0 Å². The van der Waals surface area contributed by atoms with Gasteiger partial charge >= 0.3 is 0 Å². The van der Waals surface area contributed by atoms with Crippen molar-refractivity contribution < 1.29 is 9.21 Å². The first-order valence-corrected chi connectivity index (χ1v) is 9.43. The maximum Gasteiger partial charge on any atom is 0.273 e. The van der Waals surface area contributed by atoms with Crippen molar-refractivity contribution in [3.8, 4) is 0 Å². The van der Waals surface area contributed by atoms with Crippen molar-refractivity contribution >= 4 is 17.2 Å². The van der Waals surface area contributed by atoms with E-state index >= 15 is 0 Å². The summed E-state index contributed by atoms with van der Waals surface area (Å²) in [6.07, 6.45) is 0.979. The van der Waals surface area contributed by atoms with Crippen LogP contribution in [0, 0.1) is 6.92 Å². The topological polar surface area (TPSA) is 49.6 Å². The van der Waals surface area contributed by atoms with E-state index in [4.69, 9.17) is 4.42 Å². The summed E-state index contributed by atoms with van der Waals surface area (Å²) in [6.45, 7) is 10.4. The number of aromatic nitrogens is 1. The first-order valence-electron chi connectivity index (χ1n) is 8.55. The monoisotopic (exact) mass is 347 g/mol. The molecular formula is C18H25N3O2S. The van der Waals surface area contributed by atoms with Crippen LogP contribution in [0.1, 0.15) is 53.2 Å². The Kier molecular flexibility index (Phi) is 5.36. The molecule has 0 bridgehead atoms. The fourth-order valence-corrected chi connectivity index (χ4v) is 3.74. The van der Waals surface area contributed by atoms with E-state index in [-0.39, 0.29) is 5.91 Å². The highest BCUT2D eigenvalue weighted by atomic mass is 32.1. The molecule has 5 nitrogen and oxygen atoms in total. The Morgan fingerprint density at radius 1 is 1.29 bits per heavy atom. The molecule has 2 aromatic heterocycles. The first-order chi connectivity index (χ1) is 11.5. The molecular weight excluding hydrogens is 322 g/mol. The Labute approximate surface area is 147 Å². The molecule has 0 unspecified atom stereocenters. The number of rotatable bonds is 4. The molecule has 130 valence electrons. The van der Waals surface area contributed by atoms with Crippen molar-refractivity contribution in [2.24, 2.45) is 0 Å². The maximum absolute atomic E-state index is 12.7. The van der Waals surface area contributed by atoms with Gasteiger partial charge in [-0.2, -0.15) is 0 Å². The highest BCUT2D eigenvalue weighted by Gasteiger charge is 2.23. The SMILES string of the molecule is Cc1ccc(CN2CCCN(C(=O)c3csc(C(C)C)n3)CC2)o1. The predicted molar refractivity (Wildman–Crippen MR) is 95.4 cm³/mol. The average Bonchev–Trinajstić information content (AvgIpc) is 3.12. The van der Waals surface area contributed by atoms with Crippen LogP contribution >= 0.6 is 11.3 Å². The highest BCUT2D eigenvalue weighted by molar-refractivity contribution is 7.09. The summed E-state index contributed by atoms with van der Waals surface area (Å²) in [5.41, 5.74) is 0.596. The minimum Gasteiger partial charge on any atom is -0.465 e. The minimum absolute atomic E-state index is 0.0637. The van der Waals surface area contributed by atoms with Crippen LogP contribution in [0.15, 0.2) is 21.9 Å². The van der Waals surface area contributed by atoms with Gasteiger partial charge in [0, 0.05) is 37.5 Å². The predicted octanol–water partition coefficient (Wildman–Crippen LogP) is 3.52. The van der Waals surface area contributed by atoms with Crippen LogP contribution in [0.4, 0.5) is 0 Å². The second-order valence-corrected chi connectivity index (χ2v) is 7.55. The van der Waals surface area contributed by atoms with Crippen molar-refractivity contribution in [1.82, 2.24) is 14.8 Å². The van der Waals surface area contributed by atoms with Crippen LogP contribution in [-0.4, -0.2) is 46.9 Å². The molecule has 3 rings (SSSR count). The molecule has 1 saturated heterocycles. The number of thiazole rings is 1. The lowest BCUT2D eigenvalue weighted by molar-refractivity contribution is 0.0755. The zero-order valence-electron chi connectivity index (χ0n) is 14.6. The van der Waals surface area contributed by atoms with Gasteiger partial charge in [-0.3, -0.25) is 9.69 Å². The summed E-state index contributed by atoms with van der Waals surface area (Å²) in [5, 5.41) is 2.93. The molecule has 24 heavy (non-hydrogen) atoms. The number of hydrogen-bond donors (Lipinski definition) is 0. The van der Waals surface area contributed by atoms with E-state index in [0.29, 0.717) is 11.6 Å². The third kappa shape index (κ3) is 4.05. The normalized spacial score (nSPS) is 16.6. The van der Waals surface area contributed by atoms with Crippen LogP contribution in [0.5, 0.6) is 0 Å². The number of hydrogen-bond acceptors (Lipinski definition) is 5. The fraction of sp³-hybridized carbons (Fsp3) is 0.556. The summed E-state index contributed by atoms with van der Waals surface area (Å²) < 4.78 is 5.66. The van der Waals surface area contributed by atoms with E-state index in [0.717, 1.165) is 55.7 Å². The molecule has 1 aliphatic rings. The molecule has 0 spiro atoms. The standard InChI is InChI=1S/C18H25N3O2S/c1-13(2)17-19-16(12-24-17)18(22)21-8-4-7-20(9-10-21)11-15-6-5-14(3)23-15/h5-6,12-13H,4,7-11H2,1-3H3. The summed E-state index contributed by atoms with van der Waals surface area (Å²) in [4.78, 5) is 21.5. The Hall–Kier alpha value is -1.66. The summed E-state index contributed by atoms with van der Waals surface area (Å²) in [5.74, 6) is 2.37. The van der Waals surface area contributed by atoms with Gasteiger partial charge in [-0.25, -0.2) is 4.98 Å². The second-order valence-electron chi connectivity index (χ2n) is 6.66. The first kappa shape index (κ1) is 17.2. The van der Waals surface area contributed by atoms with Gasteiger partial charge in [-0.1, -0.05) is 13.8 Å². The average molecular weight is 347 g/mol. The summed E-state index contributed by atoms with van der Waals surface area (Å²) in [7, 11) is 0. The Morgan fingerprint density at radius 3 is 2.79 bits per heavy atom. The summed E-state index contributed by atoms with van der Waals surface area (Å²) >= 11 is 1.58. The number of amides is 1. The minimum atomic E-state index is 0.0637. The van der Waals surface area contributed by atoms with E-state index in [1.165, 1.54) is 0 Å². The fourth-order valence-electron chi connectivity index (χ4n) is 2.94. The van der Waals surface area contributed by atoms with Gasteiger partial charge in [0.05, 0.1) is 11.6 Å². The van der Waals surface area contributed by atoms with Crippen LogP contribution in [0.25, 0.3) is 0 Å². The molecule has 0 radical (unpaired) electrons. The van der Waals surface area contributed by atoms with Crippen LogP contribution < -0.4 is 0 Å². The van der Waals surface area contributed by atoms with E-state index in [9.17, 15) is 4.79 Å². The van der Waals surface area contributed by atoms with Crippen LogP contribution in [0.3, 0.4) is 0 Å². The van der Waals surface area contributed by atoms with Gasteiger partial charge in [-0.05, 0) is 25.5 Å². The number of furan rings is 1. The number of nitrogens with zero attached hydrogens (tertiary/aromatic N) is 3. The number of aryl methyl sites for hydroxylation is 1.